The molecule has 0 unspecified atom stereocenters. The van der Waals surface area contributed by atoms with Gasteiger partial charge in [0.05, 0.1) is 11.7 Å². The van der Waals surface area contributed by atoms with Gasteiger partial charge in [0.2, 0.25) is 5.95 Å². The highest BCUT2D eigenvalue weighted by Gasteiger charge is 2.41. The smallest absolute Gasteiger partial charge is 0.411 e. The van der Waals surface area contributed by atoms with Crippen LogP contribution in [-0.4, -0.2) is 85.0 Å². The predicted octanol–water partition coefficient (Wildman–Crippen LogP) is 1.79. The Bertz CT molecular complexity index is 1150. The van der Waals surface area contributed by atoms with E-state index in [9.17, 15) is 18.0 Å². The highest BCUT2D eigenvalue weighted by molar-refractivity contribution is 7.90. The molecule has 0 radical (unpaired) electrons. The summed E-state index contributed by atoms with van der Waals surface area (Å²) in [4.78, 5) is 37.6. The fraction of sp³-hybridized carbons (Fsp3) is 0.455. The van der Waals surface area contributed by atoms with E-state index >= 15 is 0 Å². The summed E-state index contributed by atoms with van der Waals surface area (Å²) in [5.41, 5.74) is 0.355. The third-order valence-corrected chi connectivity index (χ3v) is 7.48. The third kappa shape index (κ3) is 5.12. The molecule has 1 N–H and O–H groups in total. The number of hydrogen-bond acceptors (Lipinski definition) is 9. The molecule has 1 aromatic heterocycles. The first-order valence-electron chi connectivity index (χ1n) is 11.2. The molecule has 1 saturated heterocycles. The van der Waals surface area contributed by atoms with E-state index < -0.39 is 22.0 Å². The summed E-state index contributed by atoms with van der Waals surface area (Å²) in [5.74, 6) is 0.127. The van der Waals surface area contributed by atoms with E-state index in [2.05, 4.69) is 25.1 Å². The first kappa shape index (κ1) is 23.9. The lowest BCUT2D eigenvalue weighted by atomic mass is 10.2. The number of piperazine rings is 1. The van der Waals surface area contributed by atoms with Crippen molar-refractivity contribution in [3.05, 3.63) is 42.2 Å². The number of fused-ring (bicyclic) bond motifs is 1. The van der Waals surface area contributed by atoms with Crippen LogP contribution in [0.5, 0.6) is 0 Å². The Morgan fingerprint density at radius 1 is 1.12 bits per heavy atom. The van der Waals surface area contributed by atoms with Gasteiger partial charge in [-0.2, -0.15) is 0 Å². The number of ether oxygens (including phenoxy) is 1. The average molecular weight is 489 g/mol. The van der Waals surface area contributed by atoms with Gasteiger partial charge in [-0.15, -0.1) is 0 Å². The molecule has 0 aliphatic carbocycles. The van der Waals surface area contributed by atoms with Gasteiger partial charge in [0, 0.05) is 57.3 Å². The molecule has 1 fully saturated rings. The molecule has 0 atom stereocenters. The number of anilines is 2. The molecule has 0 saturated carbocycles. The van der Waals surface area contributed by atoms with Crippen LogP contribution in [-0.2, 0) is 14.8 Å². The van der Waals surface area contributed by atoms with Crippen molar-refractivity contribution >= 4 is 33.7 Å². The minimum absolute atomic E-state index is 0.0447. The second-order valence-electron chi connectivity index (χ2n) is 8.40. The number of nitrogens with zero attached hydrogens (tertiary/aromatic N) is 5. The minimum Gasteiger partial charge on any atom is -0.447 e. The number of carbonyl (C=O) groups is 2. The van der Waals surface area contributed by atoms with E-state index in [0.29, 0.717) is 24.6 Å². The molecule has 2 aliphatic rings. The van der Waals surface area contributed by atoms with Crippen molar-refractivity contribution < 1.29 is 22.7 Å². The van der Waals surface area contributed by atoms with Gasteiger partial charge in [-0.05, 0) is 44.5 Å². The second kappa shape index (κ2) is 9.94. The first-order chi connectivity index (χ1) is 16.3. The van der Waals surface area contributed by atoms with Crippen molar-refractivity contribution in [2.75, 3.05) is 49.5 Å². The Morgan fingerprint density at radius 3 is 2.50 bits per heavy atom. The number of benzene rings is 1. The Labute approximate surface area is 198 Å². The van der Waals surface area contributed by atoms with Crippen molar-refractivity contribution in [3.63, 3.8) is 0 Å². The molecule has 2 aliphatic heterocycles. The van der Waals surface area contributed by atoms with Crippen LogP contribution in [0.2, 0.25) is 0 Å². The lowest BCUT2D eigenvalue weighted by molar-refractivity contribution is 0.0866. The molecule has 2 aromatic rings. The number of hydrogen-bond donors (Lipinski definition) is 1. The fourth-order valence-corrected chi connectivity index (χ4v) is 5.60. The maximum Gasteiger partial charge on any atom is 0.411 e. The number of sulfonamides is 1. The van der Waals surface area contributed by atoms with Crippen LogP contribution in [0.15, 0.2) is 41.6 Å². The number of nitrogens with one attached hydrogen (secondary N) is 1. The molecule has 34 heavy (non-hydrogen) atoms. The van der Waals surface area contributed by atoms with E-state index in [-0.39, 0.29) is 23.1 Å². The van der Waals surface area contributed by atoms with Crippen LogP contribution >= 0.6 is 0 Å². The summed E-state index contributed by atoms with van der Waals surface area (Å²) in [6.07, 6.45) is 2.99. The Hall–Kier alpha value is -3.25. The van der Waals surface area contributed by atoms with Gasteiger partial charge in [-0.3, -0.25) is 15.0 Å². The summed E-state index contributed by atoms with van der Waals surface area (Å²) in [7, 11) is -3.91. The van der Waals surface area contributed by atoms with Gasteiger partial charge in [-0.1, -0.05) is 0 Å². The lowest BCUT2D eigenvalue weighted by Crippen LogP contribution is -2.47. The lowest BCUT2D eigenvalue weighted by Gasteiger charge is -2.34. The number of rotatable bonds is 7. The summed E-state index contributed by atoms with van der Waals surface area (Å²) in [6.45, 7) is 7.38. The van der Waals surface area contributed by atoms with E-state index in [4.69, 9.17) is 4.74 Å². The molecule has 0 spiro atoms. The second-order valence-corrected chi connectivity index (χ2v) is 10.2. The molecule has 2 amide bonds. The van der Waals surface area contributed by atoms with Gasteiger partial charge >= 0.3 is 6.09 Å². The van der Waals surface area contributed by atoms with Crippen molar-refractivity contribution in [1.82, 2.24) is 19.2 Å². The van der Waals surface area contributed by atoms with Gasteiger partial charge < -0.3 is 9.64 Å². The zero-order chi connectivity index (χ0) is 24.3. The minimum atomic E-state index is -3.91. The van der Waals surface area contributed by atoms with E-state index in [1.54, 1.807) is 32.3 Å². The van der Waals surface area contributed by atoms with Crippen LogP contribution in [0.1, 0.15) is 30.6 Å². The number of amides is 2. The number of aromatic nitrogens is 2. The molecule has 1 aromatic carbocycles. The quantitative estimate of drug-likeness (QED) is 0.621. The molecule has 182 valence electrons. The molecule has 3 heterocycles. The molecule has 0 bridgehead atoms. The van der Waals surface area contributed by atoms with E-state index in [0.717, 1.165) is 30.5 Å². The summed E-state index contributed by atoms with van der Waals surface area (Å²) < 4.78 is 31.8. The zero-order valence-electron chi connectivity index (χ0n) is 19.2. The monoisotopic (exact) mass is 488 g/mol. The highest BCUT2D eigenvalue weighted by atomic mass is 32.2. The Morgan fingerprint density at radius 2 is 1.82 bits per heavy atom. The molecular formula is C22H28N6O5S. The van der Waals surface area contributed by atoms with Crippen molar-refractivity contribution in [2.24, 2.45) is 0 Å². The summed E-state index contributed by atoms with van der Waals surface area (Å²) in [6, 6.07) is 5.95. The average Bonchev–Trinajstić information content (AvgIpc) is 2.99. The van der Waals surface area contributed by atoms with Crippen LogP contribution in [0, 0.1) is 0 Å². The largest absolute Gasteiger partial charge is 0.447 e. The predicted molar refractivity (Wildman–Crippen MR) is 125 cm³/mol. The van der Waals surface area contributed by atoms with Gasteiger partial charge in [-0.25, -0.2) is 27.5 Å². The van der Waals surface area contributed by atoms with Crippen molar-refractivity contribution in [2.45, 2.75) is 31.3 Å². The van der Waals surface area contributed by atoms with E-state index in [1.807, 2.05) is 0 Å². The normalized spacial score (nSPS) is 17.7. The topological polar surface area (TPSA) is 125 Å². The molecule has 11 nitrogen and oxygen atoms in total. The van der Waals surface area contributed by atoms with Crippen LogP contribution in [0.3, 0.4) is 0 Å². The Kier molecular flexibility index (Phi) is 6.98. The first-order valence-corrected chi connectivity index (χ1v) is 12.6. The number of carbonyl (C=O) groups excluding carboxylic acids is 2. The maximum absolute atomic E-state index is 12.9. The zero-order valence-corrected chi connectivity index (χ0v) is 20.0. The third-order valence-electron chi connectivity index (χ3n) is 5.64. The molecule has 12 heteroatoms. The van der Waals surface area contributed by atoms with Gasteiger partial charge in [0.15, 0.2) is 0 Å². The SMILES string of the molecule is CC(C)OC(=O)Nc1ccc2c(c1)C(=O)N(CCCN1CCN(c3ncccn3)CC1)S2(=O)=O. The summed E-state index contributed by atoms with van der Waals surface area (Å²) in [5, 5.41) is 2.52. The van der Waals surface area contributed by atoms with Crippen molar-refractivity contribution in [3.8, 4) is 0 Å². The molecular weight excluding hydrogens is 460 g/mol. The Balaban J connectivity index is 1.32. The van der Waals surface area contributed by atoms with E-state index in [1.165, 1.54) is 18.2 Å². The maximum atomic E-state index is 12.9. The van der Waals surface area contributed by atoms with Crippen molar-refractivity contribution in [1.29, 1.82) is 0 Å². The van der Waals surface area contributed by atoms with Gasteiger partial charge in [0.25, 0.3) is 15.9 Å². The van der Waals surface area contributed by atoms with Gasteiger partial charge in [0.1, 0.15) is 4.90 Å². The standard InChI is InChI=1S/C22H28N6O5S/c1-16(2)33-22(30)25-17-5-6-19-18(15-17)20(29)28(34(19,31)32)10-4-9-26-11-13-27(14-12-26)21-23-7-3-8-24-21/h3,5-8,15-16H,4,9-14H2,1-2H3,(H,25,30). The fourth-order valence-electron chi connectivity index (χ4n) is 4.01. The molecule has 4 rings (SSSR count). The van der Waals surface area contributed by atoms with Crippen LogP contribution < -0.4 is 10.2 Å². The highest BCUT2D eigenvalue weighted by Crippen LogP contribution is 2.32. The summed E-state index contributed by atoms with van der Waals surface area (Å²) >= 11 is 0. The van der Waals surface area contributed by atoms with Crippen LogP contribution in [0.4, 0.5) is 16.4 Å². The van der Waals surface area contributed by atoms with Crippen LogP contribution in [0.25, 0.3) is 0 Å².